The van der Waals surface area contributed by atoms with E-state index in [4.69, 9.17) is 10.00 Å². The lowest BCUT2D eigenvalue weighted by molar-refractivity contribution is 0.415. The fraction of sp³-hybridized carbons (Fsp3) is 0.278. The van der Waals surface area contributed by atoms with E-state index >= 15 is 0 Å². The molecule has 0 spiro atoms. The Balaban J connectivity index is 1.62. The molecular formula is C18H19N3O. The van der Waals surface area contributed by atoms with E-state index in [-0.39, 0.29) is 0 Å². The third kappa shape index (κ3) is 2.99. The number of hydrogen-bond acceptors (Lipinski definition) is 4. The highest BCUT2D eigenvalue weighted by Crippen LogP contribution is 2.23. The molecule has 1 fully saturated rings. The van der Waals surface area contributed by atoms with Crippen molar-refractivity contribution in [1.82, 2.24) is 0 Å². The summed E-state index contributed by atoms with van der Waals surface area (Å²) in [6.45, 7) is 3.95. The van der Waals surface area contributed by atoms with Crippen LogP contribution in [0.25, 0.3) is 0 Å². The Kier molecular flexibility index (Phi) is 4.15. The fourth-order valence-electron chi connectivity index (χ4n) is 2.76. The van der Waals surface area contributed by atoms with Crippen molar-refractivity contribution in [2.24, 2.45) is 0 Å². The number of rotatable bonds is 3. The van der Waals surface area contributed by atoms with Gasteiger partial charge < -0.3 is 14.5 Å². The van der Waals surface area contributed by atoms with Crippen LogP contribution in [0, 0.1) is 11.3 Å². The average molecular weight is 293 g/mol. The average Bonchev–Trinajstić information content (AvgIpc) is 2.62. The highest BCUT2D eigenvalue weighted by atomic mass is 16.5. The molecule has 3 rings (SSSR count). The van der Waals surface area contributed by atoms with E-state index in [2.05, 4.69) is 28.0 Å². The number of hydrogen-bond donors (Lipinski definition) is 0. The highest BCUT2D eigenvalue weighted by Gasteiger charge is 2.17. The number of anilines is 2. The summed E-state index contributed by atoms with van der Waals surface area (Å²) in [5.74, 6) is 0.889. The van der Waals surface area contributed by atoms with Gasteiger partial charge in [0.15, 0.2) is 0 Å². The Bertz CT molecular complexity index is 650. The first-order valence-electron chi connectivity index (χ1n) is 7.44. The molecule has 2 aromatic rings. The van der Waals surface area contributed by atoms with Crippen molar-refractivity contribution in [3.05, 3.63) is 54.1 Å². The van der Waals surface area contributed by atoms with Gasteiger partial charge in [0.1, 0.15) is 5.75 Å². The first-order valence-corrected chi connectivity index (χ1v) is 7.44. The molecule has 1 heterocycles. The van der Waals surface area contributed by atoms with Crippen molar-refractivity contribution in [1.29, 1.82) is 5.26 Å². The summed E-state index contributed by atoms with van der Waals surface area (Å²) >= 11 is 0. The summed E-state index contributed by atoms with van der Waals surface area (Å²) in [5, 5.41) is 8.86. The summed E-state index contributed by atoms with van der Waals surface area (Å²) < 4.78 is 5.20. The maximum atomic E-state index is 8.86. The minimum atomic E-state index is 0.709. The van der Waals surface area contributed by atoms with Gasteiger partial charge in [0.05, 0.1) is 18.7 Å². The molecule has 1 saturated heterocycles. The summed E-state index contributed by atoms with van der Waals surface area (Å²) in [4.78, 5) is 4.75. The largest absolute Gasteiger partial charge is 0.497 e. The third-order valence-corrected chi connectivity index (χ3v) is 4.08. The number of piperazine rings is 1. The van der Waals surface area contributed by atoms with Crippen LogP contribution in [0.1, 0.15) is 5.56 Å². The van der Waals surface area contributed by atoms with Crippen LogP contribution in [-0.4, -0.2) is 33.3 Å². The molecule has 1 aliphatic rings. The summed E-state index contributed by atoms with van der Waals surface area (Å²) in [6, 6.07) is 18.2. The quantitative estimate of drug-likeness (QED) is 0.872. The Labute approximate surface area is 131 Å². The van der Waals surface area contributed by atoms with Crippen molar-refractivity contribution < 1.29 is 4.74 Å². The number of ether oxygens (including phenoxy) is 1. The van der Waals surface area contributed by atoms with Crippen LogP contribution in [0.15, 0.2) is 48.5 Å². The van der Waals surface area contributed by atoms with Gasteiger partial charge in [0.2, 0.25) is 0 Å². The van der Waals surface area contributed by atoms with Crippen LogP contribution in [0.5, 0.6) is 5.75 Å². The second kappa shape index (κ2) is 6.40. The van der Waals surface area contributed by atoms with Gasteiger partial charge in [-0.25, -0.2) is 0 Å². The topological polar surface area (TPSA) is 39.5 Å². The molecule has 2 aromatic carbocycles. The zero-order valence-corrected chi connectivity index (χ0v) is 12.7. The van der Waals surface area contributed by atoms with Gasteiger partial charge in [-0.3, -0.25) is 0 Å². The molecule has 4 heteroatoms. The zero-order chi connectivity index (χ0) is 15.4. The van der Waals surface area contributed by atoms with Crippen molar-refractivity contribution >= 4 is 11.4 Å². The lowest BCUT2D eigenvalue weighted by Gasteiger charge is -2.37. The van der Waals surface area contributed by atoms with E-state index < -0.39 is 0 Å². The van der Waals surface area contributed by atoms with Crippen molar-refractivity contribution in [3.8, 4) is 11.8 Å². The van der Waals surface area contributed by atoms with Gasteiger partial charge in [0, 0.05) is 37.6 Å². The fourth-order valence-corrected chi connectivity index (χ4v) is 2.76. The first kappa shape index (κ1) is 14.3. The highest BCUT2D eigenvalue weighted by molar-refractivity contribution is 5.54. The maximum absolute atomic E-state index is 8.86. The molecule has 0 aliphatic carbocycles. The third-order valence-electron chi connectivity index (χ3n) is 4.08. The number of methoxy groups -OCH3 is 1. The Morgan fingerprint density at radius 2 is 1.27 bits per heavy atom. The van der Waals surface area contributed by atoms with E-state index in [0.29, 0.717) is 5.56 Å². The van der Waals surface area contributed by atoms with E-state index in [0.717, 1.165) is 31.9 Å². The Morgan fingerprint density at radius 3 is 1.68 bits per heavy atom. The van der Waals surface area contributed by atoms with Crippen LogP contribution >= 0.6 is 0 Å². The van der Waals surface area contributed by atoms with Crippen LogP contribution in [0.3, 0.4) is 0 Å². The molecule has 0 unspecified atom stereocenters. The minimum absolute atomic E-state index is 0.709. The normalized spacial score (nSPS) is 14.5. The van der Waals surface area contributed by atoms with E-state index in [1.807, 2.05) is 36.4 Å². The van der Waals surface area contributed by atoms with Gasteiger partial charge in [-0.2, -0.15) is 5.26 Å². The SMILES string of the molecule is COc1ccc(N2CCN(c3ccc(C#N)cc3)CC2)cc1. The second-order valence-corrected chi connectivity index (χ2v) is 5.33. The molecule has 0 bridgehead atoms. The molecule has 4 nitrogen and oxygen atoms in total. The van der Waals surface area contributed by atoms with Crippen molar-refractivity contribution in [3.63, 3.8) is 0 Å². The second-order valence-electron chi connectivity index (χ2n) is 5.33. The van der Waals surface area contributed by atoms with Crippen LogP contribution in [0.4, 0.5) is 11.4 Å². The molecule has 1 aliphatic heterocycles. The molecule has 0 amide bonds. The summed E-state index contributed by atoms with van der Waals surface area (Å²) in [6.07, 6.45) is 0. The first-order chi connectivity index (χ1) is 10.8. The van der Waals surface area contributed by atoms with Gasteiger partial charge in [-0.1, -0.05) is 0 Å². The summed E-state index contributed by atoms with van der Waals surface area (Å²) in [7, 11) is 1.69. The van der Waals surface area contributed by atoms with Crippen molar-refractivity contribution in [2.45, 2.75) is 0 Å². The number of benzene rings is 2. The van der Waals surface area contributed by atoms with Gasteiger partial charge >= 0.3 is 0 Å². The summed E-state index contributed by atoms with van der Waals surface area (Å²) in [5.41, 5.74) is 3.13. The Morgan fingerprint density at radius 1 is 0.818 bits per heavy atom. The molecule has 112 valence electrons. The molecule has 0 aromatic heterocycles. The van der Waals surface area contributed by atoms with Gasteiger partial charge in [-0.05, 0) is 48.5 Å². The van der Waals surface area contributed by atoms with Crippen LogP contribution in [-0.2, 0) is 0 Å². The van der Waals surface area contributed by atoms with Gasteiger partial charge in [0.25, 0.3) is 0 Å². The monoisotopic (exact) mass is 293 g/mol. The van der Waals surface area contributed by atoms with E-state index in [1.165, 1.54) is 11.4 Å². The van der Waals surface area contributed by atoms with Crippen LogP contribution in [0.2, 0.25) is 0 Å². The zero-order valence-electron chi connectivity index (χ0n) is 12.7. The molecular weight excluding hydrogens is 274 g/mol. The maximum Gasteiger partial charge on any atom is 0.119 e. The van der Waals surface area contributed by atoms with E-state index in [1.54, 1.807) is 7.11 Å². The molecule has 0 atom stereocenters. The smallest absolute Gasteiger partial charge is 0.119 e. The Hall–Kier alpha value is -2.67. The molecule has 22 heavy (non-hydrogen) atoms. The number of nitrogens with zero attached hydrogens (tertiary/aromatic N) is 3. The van der Waals surface area contributed by atoms with Crippen LogP contribution < -0.4 is 14.5 Å². The standard InChI is InChI=1S/C18H19N3O/c1-22-18-8-6-17(7-9-18)21-12-10-20(11-13-21)16-4-2-15(14-19)3-5-16/h2-9H,10-13H2,1H3. The van der Waals surface area contributed by atoms with Crippen molar-refractivity contribution in [2.75, 3.05) is 43.1 Å². The van der Waals surface area contributed by atoms with Gasteiger partial charge in [-0.15, -0.1) is 0 Å². The lowest BCUT2D eigenvalue weighted by Crippen LogP contribution is -2.46. The predicted molar refractivity (Wildman–Crippen MR) is 88.6 cm³/mol. The predicted octanol–water partition coefficient (Wildman–Crippen LogP) is 2.89. The lowest BCUT2D eigenvalue weighted by atomic mass is 10.2. The molecule has 0 N–H and O–H groups in total. The number of nitriles is 1. The van der Waals surface area contributed by atoms with E-state index in [9.17, 15) is 0 Å². The molecule has 0 radical (unpaired) electrons. The minimum Gasteiger partial charge on any atom is -0.497 e. The molecule has 0 saturated carbocycles.